The van der Waals surface area contributed by atoms with Crippen molar-refractivity contribution in [2.45, 2.75) is 6.42 Å². The molecule has 0 bridgehead atoms. The molecule has 1 aromatic carbocycles. The lowest BCUT2D eigenvalue weighted by Gasteiger charge is -2.02. The molecule has 88 valence electrons. The van der Waals surface area contributed by atoms with Crippen LogP contribution in [0.4, 0.5) is 4.39 Å². The average Bonchev–Trinajstić information content (AvgIpc) is 2.70. The van der Waals surface area contributed by atoms with Gasteiger partial charge in [0.2, 0.25) is 0 Å². The van der Waals surface area contributed by atoms with Gasteiger partial charge in [-0.15, -0.1) is 0 Å². The van der Waals surface area contributed by atoms with Crippen molar-refractivity contribution in [1.29, 1.82) is 0 Å². The lowest BCUT2D eigenvalue weighted by atomic mass is 10.1. The van der Waals surface area contributed by atoms with Crippen molar-refractivity contribution in [1.82, 2.24) is 9.78 Å². The zero-order chi connectivity index (χ0) is 12.4. The quantitative estimate of drug-likeness (QED) is 0.817. The number of aryl methyl sites for hydroxylation is 1. The van der Waals surface area contributed by atoms with Crippen LogP contribution in [0.2, 0.25) is 0 Å². The fourth-order valence-electron chi connectivity index (χ4n) is 1.52. The van der Waals surface area contributed by atoms with E-state index in [0.717, 1.165) is 4.47 Å². The molecular formula is C12H10BrFN2O. The largest absolute Gasteiger partial charge is 0.294 e. The summed E-state index contributed by atoms with van der Waals surface area (Å²) in [6, 6.07) is 4.31. The Morgan fingerprint density at radius 1 is 1.53 bits per heavy atom. The zero-order valence-electron chi connectivity index (χ0n) is 9.15. The smallest absolute Gasteiger partial charge is 0.170 e. The number of hydrogen-bond donors (Lipinski definition) is 0. The minimum Gasteiger partial charge on any atom is -0.294 e. The van der Waals surface area contributed by atoms with Crippen molar-refractivity contribution < 1.29 is 9.18 Å². The van der Waals surface area contributed by atoms with E-state index in [-0.39, 0.29) is 18.0 Å². The third kappa shape index (κ3) is 2.79. The summed E-state index contributed by atoms with van der Waals surface area (Å²) < 4.78 is 15.4. The molecule has 17 heavy (non-hydrogen) atoms. The number of carbonyl (C=O) groups is 1. The van der Waals surface area contributed by atoms with Crippen molar-refractivity contribution in [3.8, 4) is 0 Å². The van der Waals surface area contributed by atoms with Gasteiger partial charge in [0.1, 0.15) is 5.82 Å². The van der Waals surface area contributed by atoms with Crippen LogP contribution in [0.1, 0.15) is 15.9 Å². The third-order valence-corrected chi connectivity index (χ3v) is 3.16. The summed E-state index contributed by atoms with van der Waals surface area (Å²) in [5.41, 5.74) is 1.17. The number of ketones is 1. The maximum Gasteiger partial charge on any atom is 0.170 e. The van der Waals surface area contributed by atoms with Crippen molar-refractivity contribution in [2.75, 3.05) is 0 Å². The van der Waals surface area contributed by atoms with Crippen molar-refractivity contribution >= 4 is 21.7 Å². The molecule has 0 aliphatic carbocycles. The number of nitrogens with zero attached hydrogens (tertiary/aromatic N) is 2. The Balaban J connectivity index is 2.21. The molecule has 5 heteroatoms. The Morgan fingerprint density at radius 2 is 2.29 bits per heavy atom. The van der Waals surface area contributed by atoms with Gasteiger partial charge in [-0.3, -0.25) is 9.48 Å². The second-order valence-electron chi connectivity index (χ2n) is 3.74. The minimum atomic E-state index is -0.345. The van der Waals surface area contributed by atoms with Gasteiger partial charge in [-0.2, -0.15) is 5.10 Å². The lowest BCUT2D eigenvalue weighted by molar-refractivity contribution is 0.0992. The second-order valence-corrected chi connectivity index (χ2v) is 4.59. The normalized spacial score (nSPS) is 10.5. The van der Waals surface area contributed by atoms with Crippen molar-refractivity contribution in [3.63, 3.8) is 0 Å². The van der Waals surface area contributed by atoms with Crippen LogP contribution in [-0.4, -0.2) is 15.6 Å². The fourth-order valence-corrected chi connectivity index (χ4v) is 1.91. The summed E-state index contributed by atoms with van der Waals surface area (Å²) in [6.07, 6.45) is 3.31. The Hall–Kier alpha value is -1.49. The minimum absolute atomic E-state index is 0.0793. The van der Waals surface area contributed by atoms with Gasteiger partial charge in [0.25, 0.3) is 0 Å². The van der Waals surface area contributed by atoms with E-state index in [0.29, 0.717) is 11.1 Å². The Kier molecular flexibility index (Phi) is 3.38. The van der Waals surface area contributed by atoms with Gasteiger partial charge in [-0.1, -0.05) is 15.9 Å². The van der Waals surface area contributed by atoms with Crippen molar-refractivity contribution in [3.05, 3.63) is 52.0 Å². The molecule has 0 aliphatic rings. The van der Waals surface area contributed by atoms with Crippen LogP contribution >= 0.6 is 15.9 Å². The van der Waals surface area contributed by atoms with Gasteiger partial charge in [0.15, 0.2) is 5.78 Å². The van der Waals surface area contributed by atoms with Crippen LogP contribution in [0.25, 0.3) is 0 Å². The summed E-state index contributed by atoms with van der Waals surface area (Å²) in [7, 11) is 1.74. The van der Waals surface area contributed by atoms with Crippen LogP contribution in [0, 0.1) is 5.82 Å². The summed E-state index contributed by atoms with van der Waals surface area (Å²) in [4.78, 5) is 11.9. The van der Waals surface area contributed by atoms with Gasteiger partial charge in [0.05, 0.1) is 11.8 Å². The molecule has 0 amide bonds. The van der Waals surface area contributed by atoms with E-state index >= 15 is 0 Å². The van der Waals surface area contributed by atoms with E-state index < -0.39 is 0 Å². The monoisotopic (exact) mass is 296 g/mol. The first-order valence-corrected chi connectivity index (χ1v) is 5.81. The maximum absolute atomic E-state index is 13.1. The first-order chi connectivity index (χ1) is 8.06. The van der Waals surface area contributed by atoms with Crippen LogP contribution in [0.3, 0.4) is 0 Å². The third-order valence-electron chi connectivity index (χ3n) is 2.39. The highest BCUT2D eigenvalue weighted by atomic mass is 79.9. The number of Topliss-reactive ketones (excluding diaryl/α,β-unsaturated/α-hetero) is 1. The number of carbonyl (C=O) groups excluding carboxylic acids is 1. The molecule has 2 aromatic rings. The first-order valence-electron chi connectivity index (χ1n) is 5.02. The van der Waals surface area contributed by atoms with Crippen LogP contribution in [-0.2, 0) is 13.5 Å². The van der Waals surface area contributed by atoms with E-state index in [4.69, 9.17) is 0 Å². The molecule has 0 saturated heterocycles. The molecule has 0 unspecified atom stereocenters. The van der Waals surface area contributed by atoms with Gasteiger partial charge in [0, 0.05) is 24.1 Å². The first kappa shape index (κ1) is 12.0. The molecule has 0 spiro atoms. The molecule has 0 radical (unpaired) electrons. The number of aromatic nitrogens is 2. The standard InChI is InChI=1S/C12H10BrFN2O/c1-16-7-9(6-15-16)12(17)5-8-4-10(14)2-3-11(8)13/h2-4,6-7H,5H2,1H3. The average molecular weight is 297 g/mol. The highest BCUT2D eigenvalue weighted by Crippen LogP contribution is 2.19. The van der Waals surface area contributed by atoms with E-state index in [2.05, 4.69) is 21.0 Å². The fraction of sp³-hybridized carbons (Fsp3) is 0.167. The molecular weight excluding hydrogens is 287 g/mol. The van der Waals surface area contributed by atoms with Gasteiger partial charge in [-0.25, -0.2) is 4.39 Å². The van der Waals surface area contributed by atoms with Gasteiger partial charge < -0.3 is 0 Å². The molecule has 0 saturated carbocycles. The Labute approximate surface area is 106 Å². The number of hydrogen-bond acceptors (Lipinski definition) is 2. The highest BCUT2D eigenvalue weighted by Gasteiger charge is 2.11. The summed E-state index contributed by atoms with van der Waals surface area (Å²) in [5.74, 6) is -0.424. The summed E-state index contributed by atoms with van der Waals surface area (Å²) in [6.45, 7) is 0. The van der Waals surface area contributed by atoms with E-state index in [9.17, 15) is 9.18 Å². The van der Waals surface area contributed by atoms with Crippen molar-refractivity contribution in [2.24, 2.45) is 7.05 Å². The molecule has 0 fully saturated rings. The molecule has 0 atom stereocenters. The van der Waals surface area contributed by atoms with Crippen LogP contribution < -0.4 is 0 Å². The number of benzene rings is 1. The van der Waals surface area contributed by atoms with E-state index in [1.165, 1.54) is 18.3 Å². The molecule has 3 nitrogen and oxygen atoms in total. The Morgan fingerprint density at radius 3 is 2.94 bits per heavy atom. The van der Waals surface area contributed by atoms with Crippen LogP contribution in [0.5, 0.6) is 0 Å². The second kappa shape index (κ2) is 4.79. The molecule has 1 aromatic heterocycles. The molecule has 1 heterocycles. The number of halogens is 2. The number of rotatable bonds is 3. The topological polar surface area (TPSA) is 34.9 Å². The van der Waals surface area contributed by atoms with E-state index in [1.807, 2.05) is 0 Å². The Bertz CT molecular complexity index is 565. The predicted molar refractivity (Wildman–Crippen MR) is 65.3 cm³/mol. The zero-order valence-corrected chi connectivity index (χ0v) is 10.7. The maximum atomic E-state index is 13.1. The summed E-state index contributed by atoms with van der Waals surface area (Å²) in [5, 5.41) is 3.93. The molecule has 2 rings (SSSR count). The molecule has 0 N–H and O–H groups in total. The SMILES string of the molecule is Cn1cc(C(=O)Cc2cc(F)ccc2Br)cn1. The van der Waals surface area contributed by atoms with E-state index in [1.54, 1.807) is 24.0 Å². The summed E-state index contributed by atoms with van der Waals surface area (Å²) >= 11 is 3.30. The lowest BCUT2D eigenvalue weighted by Crippen LogP contribution is -2.03. The molecule has 0 aliphatic heterocycles. The van der Waals surface area contributed by atoms with Gasteiger partial charge in [-0.05, 0) is 23.8 Å². The highest BCUT2D eigenvalue weighted by molar-refractivity contribution is 9.10. The predicted octanol–water partition coefficient (Wildman–Crippen LogP) is 2.75. The van der Waals surface area contributed by atoms with Crippen LogP contribution in [0.15, 0.2) is 35.1 Å². The van der Waals surface area contributed by atoms with Gasteiger partial charge >= 0.3 is 0 Å².